The summed E-state index contributed by atoms with van der Waals surface area (Å²) < 4.78 is 39.1. The molecule has 2 aromatic rings. The summed E-state index contributed by atoms with van der Waals surface area (Å²) in [4.78, 5) is 37.4. The second-order valence-electron chi connectivity index (χ2n) is 7.85. The number of halogens is 2. The Morgan fingerprint density at radius 3 is 2.48 bits per heavy atom. The second-order valence-corrected chi connectivity index (χ2v) is 9.02. The van der Waals surface area contributed by atoms with Crippen LogP contribution in [-0.4, -0.2) is 38.0 Å². The van der Waals surface area contributed by atoms with Crippen LogP contribution in [-0.2, 0) is 20.9 Å². The van der Waals surface area contributed by atoms with Crippen LogP contribution in [0.1, 0.15) is 40.9 Å². The second kappa shape index (κ2) is 11.6. The molecule has 0 aliphatic rings. The maximum absolute atomic E-state index is 12.4. The molecule has 178 valence electrons. The fourth-order valence-corrected chi connectivity index (χ4v) is 3.33. The van der Waals surface area contributed by atoms with Gasteiger partial charge in [-0.3, -0.25) is 9.59 Å². The lowest BCUT2D eigenvalue weighted by Gasteiger charge is -2.17. The number of carbonyl (C=O) groups excluding carboxylic acids is 3. The number of benzene rings is 1. The molecule has 2 rings (SSSR count). The van der Waals surface area contributed by atoms with Crippen molar-refractivity contribution in [1.29, 1.82) is 0 Å². The number of ketones is 1. The molecule has 0 bridgehead atoms. The molecule has 1 heterocycles. The third kappa shape index (κ3) is 8.30. The predicted octanol–water partition coefficient (Wildman–Crippen LogP) is 4.46. The van der Waals surface area contributed by atoms with E-state index >= 15 is 0 Å². The number of carbonyl (C=O) groups is 3. The smallest absolute Gasteiger partial charge is 0.387 e. The summed E-state index contributed by atoms with van der Waals surface area (Å²) in [7, 11) is 1.30. The number of ether oxygens (including phenoxy) is 3. The molecule has 0 aliphatic heterocycles. The van der Waals surface area contributed by atoms with Crippen molar-refractivity contribution in [2.24, 2.45) is 5.41 Å². The summed E-state index contributed by atoms with van der Waals surface area (Å²) in [5.41, 5.74) is -0.0262. The normalized spacial score (nSPS) is 11.5. The SMILES string of the molecule is COc1cc(/C=C/C(=O)OCC(=O)c2ccc(CNC(=O)C(C)(C)C)s2)ccc1OC(F)F. The molecule has 0 unspecified atom stereocenters. The van der Waals surface area contributed by atoms with Crippen molar-refractivity contribution in [3.8, 4) is 11.5 Å². The molecule has 7 nitrogen and oxygen atoms in total. The zero-order chi connectivity index (χ0) is 24.6. The standard InChI is InChI=1S/C23H25F2NO6S/c1-23(2,3)21(29)26-12-15-7-9-19(33-15)16(27)13-31-20(28)10-6-14-5-8-17(32-22(24)25)18(11-14)30-4/h5-11,22H,12-13H2,1-4H3,(H,26,29)/b10-6+. The van der Waals surface area contributed by atoms with Gasteiger partial charge in [-0.15, -0.1) is 11.3 Å². The predicted molar refractivity (Wildman–Crippen MR) is 120 cm³/mol. The van der Waals surface area contributed by atoms with Crippen LogP contribution in [0, 0.1) is 5.41 Å². The number of methoxy groups -OCH3 is 1. The van der Waals surface area contributed by atoms with E-state index in [-0.39, 0.29) is 23.2 Å². The lowest BCUT2D eigenvalue weighted by atomic mass is 9.96. The van der Waals surface area contributed by atoms with Gasteiger partial charge >= 0.3 is 12.6 Å². The van der Waals surface area contributed by atoms with Gasteiger partial charge in [-0.2, -0.15) is 8.78 Å². The Balaban J connectivity index is 1.87. The van der Waals surface area contributed by atoms with Gasteiger partial charge in [-0.1, -0.05) is 26.8 Å². The number of esters is 1. The molecular formula is C23H25F2NO6S. The summed E-state index contributed by atoms with van der Waals surface area (Å²) >= 11 is 1.21. The highest BCUT2D eigenvalue weighted by Gasteiger charge is 2.21. The minimum Gasteiger partial charge on any atom is -0.493 e. The Kier molecular flexibility index (Phi) is 9.10. The Labute approximate surface area is 194 Å². The fourth-order valence-electron chi connectivity index (χ4n) is 2.46. The zero-order valence-electron chi connectivity index (χ0n) is 18.6. The molecule has 1 aromatic heterocycles. The summed E-state index contributed by atoms with van der Waals surface area (Å²) in [5.74, 6) is -1.27. The number of hydrogen-bond acceptors (Lipinski definition) is 7. The first-order valence-corrected chi connectivity index (χ1v) is 10.7. The fraction of sp³-hybridized carbons (Fsp3) is 0.348. The van der Waals surface area contributed by atoms with E-state index in [2.05, 4.69) is 10.1 Å². The monoisotopic (exact) mass is 481 g/mol. The van der Waals surface area contributed by atoms with Crippen molar-refractivity contribution in [2.45, 2.75) is 33.9 Å². The van der Waals surface area contributed by atoms with E-state index in [1.165, 1.54) is 42.7 Å². The molecule has 33 heavy (non-hydrogen) atoms. The number of thiophene rings is 1. The van der Waals surface area contributed by atoms with Crippen LogP contribution in [0.3, 0.4) is 0 Å². The van der Waals surface area contributed by atoms with Crippen molar-refractivity contribution < 1.29 is 37.4 Å². The highest BCUT2D eigenvalue weighted by atomic mass is 32.1. The van der Waals surface area contributed by atoms with Crippen LogP contribution in [0.15, 0.2) is 36.4 Å². The van der Waals surface area contributed by atoms with Gasteiger partial charge in [0, 0.05) is 16.4 Å². The van der Waals surface area contributed by atoms with E-state index in [4.69, 9.17) is 9.47 Å². The molecule has 0 aliphatic carbocycles. The molecular weight excluding hydrogens is 456 g/mol. The van der Waals surface area contributed by atoms with E-state index in [9.17, 15) is 23.2 Å². The van der Waals surface area contributed by atoms with Gasteiger partial charge in [-0.05, 0) is 35.9 Å². The lowest BCUT2D eigenvalue weighted by Crippen LogP contribution is -2.34. The van der Waals surface area contributed by atoms with Crippen LogP contribution >= 0.6 is 11.3 Å². The van der Waals surface area contributed by atoms with Crippen molar-refractivity contribution in [2.75, 3.05) is 13.7 Å². The van der Waals surface area contributed by atoms with E-state index < -0.39 is 24.6 Å². The number of alkyl halides is 2. The molecule has 10 heteroatoms. The van der Waals surface area contributed by atoms with Crippen molar-refractivity contribution in [3.05, 3.63) is 51.7 Å². The van der Waals surface area contributed by atoms with Crippen LogP contribution in [0.5, 0.6) is 11.5 Å². The van der Waals surface area contributed by atoms with Gasteiger partial charge in [0.25, 0.3) is 0 Å². The van der Waals surface area contributed by atoms with E-state index in [0.29, 0.717) is 17.0 Å². The Bertz CT molecular complexity index is 1030. The maximum Gasteiger partial charge on any atom is 0.387 e. The minimum atomic E-state index is -2.99. The molecule has 0 saturated heterocycles. The first kappa shape index (κ1) is 26.0. The highest BCUT2D eigenvalue weighted by molar-refractivity contribution is 7.14. The first-order chi connectivity index (χ1) is 15.5. The Hall–Kier alpha value is -3.27. The number of nitrogens with one attached hydrogen (secondary N) is 1. The number of Topliss-reactive ketones (excluding diaryl/α,β-unsaturated/α-hetero) is 1. The van der Waals surface area contributed by atoms with Gasteiger partial charge in [0.1, 0.15) is 0 Å². The minimum absolute atomic E-state index is 0.0770. The molecule has 0 spiro atoms. The number of amides is 1. The third-order valence-corrected chi connectivity index (χ3v) is 5.33. The van der Waals surface area contributed by atoms with Crippen LogP contribution < -0.4 is 14.8 Å². The van der Waals surface area contributed by atoms with Crippen molar-refractivity contribution >= 4 is 35.1 Å². The quantitative estimate of drug-likeness (QED) is 0.306. The third-order valence-electron chi connectivity index (χ3n) is 4.20. The maximum atomic E-state index is 12.4. The summed E-state index contributed by atoms with van der Waals surface area (Å²) in [6, 6.07) is 7.51. The van der Waals surface area contributed by atoms with Crippen LogP contribution in [0.25, 0.3) is 6.08 Å². The number of hydrogen-bond donors (Lipinski definition) is 1. The van der Waals surface area contributed by atoms with Crippen molar-refractivity contribution in [3.63, 3.8) is 0 Å². The average Bonchev–Trinajstić information content (AvgIpc) is 3.23. The molecule has 0 radical (unpaired) electrons. The number of rotatable bonds is 10. The van der Waals surface area contributed by atoms with Gasteiger partial charge in [-0.25, -0.2) is 4.79 Å². The van der Waals surface area contributed by atoms with Crippen molar-refractivity contribution in [1.82, 2.24) is 5.32 Å². The molecule has 0 fully saturated rings. The Morgan fingerprint density at radius 2 is 1.85 bits per heavy atom. The molecule has 1 N–H and O–H groups in total. The topological polar surface area (TPSA) is 90.9 Å². The van der Waals surface area contributed by atoms with Crippen LogP contribution in [0.4, 0.5) is 8.78 Å². The lowest BCUT2D eigenvalue weighted by molar-refractivity contribution is -0.136. The summed E-state index contributed by atoms with van der Waals surface area (Å²) in [5, 5.41) is 2.81. The molecule has 0 saturated carbocycles. The molecule has 0 atom stereocenters. The Morgan fingerprint density at radius 1 is 1.12 bits per heavy atom. The van der Waals surface area contributed by atoms with E-state index in [1.54, 1.807) is 12.1 Å². The average molecular weight is 482 g/mol. The van der Waals surface area contributed by atoms with Gasteiger partial charge in [0.2, 0.25) is 11.7 Å². The molecule has 1 amide bonds. The first-order valence-electron chi connectivity index (χ1n) is 9.87. The summed E-state index contributed by atoms with van der Waals surface area (Å²) in [6.45, 7) is 2.30. The zero-order valence-corrected chi connectivity index (χ0v) is 19.5. The summed E-state index contributed by atoms with van der Waals surface area (Å²) in [6.07, 6.45) is 2.50. The van der Waals surface area contributed by atoms with Crippen LogP contribution in [0.2, 0.25) is 0 Å². The largest absolute Gasteiger partial charge is 0.493 e. The van der Waals surface area contributed by atoms with Gasteiger partial charge < -0.3 is 19.5 Å². The van der Waals surface area contributed by atoms with Gasteiger partial charge in [0.15, 0.2) is 18.1 Å². The van der Waals surface area contributed by atoms with E-state index in [0.717, 1.165) is 11.0 Å². The highest BCUT2D eigenvalue weighted by Crippen LogP contribution is 2.29. The van der Waals surface area contributed by atoms with E-state index in [1.807, 2.05) is 20.8 Å². The molecule has 1 aromatic carbocycles. The van der Waals surface area contributed by atoms with Gasteiger partial charge in [0.05, 0.1) is 18.5 Å².